The molecule has 0 spiro atoms. The standard InChI is InChI=1S/C12H11Cl2N3OS/c13-8-2-1-3-9(14)12(8)17-10(18)4-7-6-19-11(5-15)16-7/h1-3,6H,4-5,15H2,(H,17,18). The number of thiazole rings is 1. The van der Waals surface area contributed by atoms with E-state index < -0.39 is 0 Å². The predicted octanol–water partition coefficient (Wildman–Crippen LogP) is 3.09. The van der Waals surface area contributed by atoms with Crippen molar-refractivity contribution in [2.45, 2.75) is 13.0 Å². The predicted molar refractivity (Wildman–Crippen MR) is 78.8 cm³/mol. The van der Waals surface area contributed by atoms with Crippen LogP contribution in [0.15, 0.2) is 23.6 Å². The van der Waals surface area contributed by atoms with Crippen LogP contribution in [0.4, 0.5) is 5.69 Å². The molecule has 0 saturated heterocycles. The number of para-hydroxylation sites is 1. The minimum absolute atomic E-state index is 0.165. The lowest BCUT2D eigenvalue weighted by molar-refractivity contribution is -0.115. The Morgan fingerprint density at radius 2 is 2.05 bits per heavy atom. The van der Waals surface area contributed by atoms with Gasteiger partial charge in [0.2, 0.25) is 5.91 Å². The Morgan fingerprint density at radius 1 is 1.37 bits per heavy atom. The van der Waals surface area contributed by atoms with E-state index in [2.05, 4.69) is 10.3 Å². The molecule has 2 rings (SSSR count). The number of nitrogens with two attached hydrogens (primary N) is 1. The summed E-state index contributed by atoms with van der Waals surface area (Å²) < 4.78 is 0. The lowest BCUT2D eigenvalue weighted by Gasteiger charge is -2.08. The van der Waals surface area contributed by atoms with E-state index in [1.165, 1.54) is 11.3 Å². The first kappa shape index (κ1) is 14.3. The van der Waals surface area contributed by atoms with Crippen molar-refractivity contribution in [1.29, 1.82) is 0 Å². The fraction of sp³-hybridized carbons (Fsp3) is 0.167. The molecule has 0 fully saturated rings. The summed E-state index contributed by atoms with van der Waals surface area (Å²) in [6, 6.07) is 5.05. The van der Waals surface area contributed by atoms with Gasteiger partial charge in [0.1, 0.15) is 5.01 Å². The zero-order chi connectivity index (χ0) is 13.8. The molecule has 100 valence electrons. The van der Waals surface area contributed by atoms with E-state index in [4.69, 9.17) is 28.9 Å². The molecule has 7 heteroatoms. The molecule has 1 heterocycles. The number of nitrogens with one attached hydrogen (secondary N) is 1. The molecular formula is C12H11Cl2N3OS. The average Bonchev–Trinajstić information content (AvgIpc) is 2.81. The highest BCUT2D eigenvalue weighted by atomic mass is 35.5. The number of benzene rings is 1. The maximum absolute atomic E-state index is 11.9. The molecule has 0 radical (unpaired) electrons. The zero-order valence-corrected chi connectivity index (χ0v) is 12.1. The minimum Gasteiger partial charge on any atom is -0.325 e. The number of hydrogen-bond acceptors (Lipinski definition) is 4. The molecular weight excluding hydrogens is 305 g/mol. The zero-order valence-electron chi connectivity index (χ0n) is 9.82. The van der Waals surface area contributed by atoms with Crippen LogP contribution in [0.3, 0.4) is 0 Å². The number of amides is 1. The van der Waals surface area contributed by atoms with E-state index in [1.807, 2.05) is 5.38 Å². The normalized spacial score (nSPS) is 10.5. The molecule has 0 aliphatic rings. The van der Waals surface area contributed by atoms with Gasteiger partial charge in [-0.1, -0.05) is 29.3 Å². The van der Waals surface area contributed by atoms with Crippen molar-refractivity contribution < 1.29 is 4.79 Å². The molecule has 1 aromatic carbocycles. The van der Waals surface area contributed by atoms with E-state index in [0.29, 0.717) is 28.0 Å². The number of carbonyl (C=O) groups is 1. The molecule has 0 aliphatic heterocycles. The summed E-state index contributed by atoms with van der Waals surface area (Å²) in [5.41, 5.74) is 6.58. The molecule has 0 bridgehead atoms. The van der Waals surface area contributed by atoms with E-state index >= 15 is 0 Å². The van der Waals surface area contributed by atoms with Gasteiger partial charge in [0, 0.05) is 11.9 Å². The van der Waals surface area contributed by atoms with Gasteiger partial charge in [0.05, 0.1) is 27.8 Å². The summed E-state index contributed by atoms with van der Waals surface area (Å²) in [5, 5.41) is 6.11. The fourth-order valence-corrected chi connectivity index (χ4v) is 2.66. The van der Waals surface area contributed by atoms with E-state index in [0.717, 1.165) is 5.01 Å². The Hall–Kier alpha value is -1.14. The summed E-state index contributed by atoms with van der Waals surface area (Å²) in [4.78, 5) is 16.1. The summed E-state index contributed by atoms with van der Waals surface area (Å²) in [7, 11) is 0. The number of carbonyl (C=O) groups excluding carboxylic acids is 1. The second kappa shape index (κ2) is 6.34. The molecule has 1 aromatic heterocycles. The fourth-order valence-electron chi connectivity index (χ4n) is 1.49. The smallest absolute Gasteiger partial charge is 0.230 e. The largest absolute Gasteiger partial charge is 0.325 e. The van der Waals surface area contributed by atoms with Crippen LogP contribution in [0.25, 0.3) is 0 Å². The number of anilines is 1. The summed E-state index contributed by atoms with van der Waals surface area (Å²) in [6.07, 6.45) is 0.165. The van der Waals surface area contributed by atoms with Gasteiger partial charge < -0.3 is 11.1 Å². The number of aromatic nitrogens is 1. The van der Waals surface area contributed by atoms with Crippen molar-refractivity contribution in [3.8, 4) is 0 Å². The molecule has 4 nitrogen and oxygen atoms in total. The first-order valence-electron chi connectivity index (χ1n) is 5.47. The highest BCUT2D eigenvalue weighted by Crippen LogP contribution is 2.29. The molecule has 0 aliphatic carbocycles. The van der Waals surface area contributed by atoms with Crippen molar-refractivity contribution in [3.63, 3.8) is 0 Å². The van der Waals surface area contributed by atoms with Gasteiger partial charge in [-0.25, -0.2) is 4.98 Å². The highest BCUT2D eigenvalue weighted by Gasteiger charge is 2.11. The van der Waals surface area contributed by atoms with Crippen LogP contribution in [0.1, 0.15) is 10.7 Å². The Kier molecular flexibility index (Phi) is 4.76. The number of halogens is 2. The Bertz CT molecular complexity index is 580. The molecule has 0 atom stereocenters. The van der Waals surface area contributed by atoms with Crippen molar-refractivity contribution in [2.75, 3.05) is 5.32 Å². The maximum Gasteiger partial charge on any atom is 0.230 e. The lowest BCUT2D eigenvalue weighted by atomic mass is 10.3. The van der Waals surface area contributed by atoms with Crippen LogP contribution in [0, 0.1) is 0 Å². The molecule has 0 unspecified atom stereocenters. The van der Waals surface area contributed by atoms with Gasteiger partial charge in [-0.05, 0) is 12.1 Å². The van der Waals surface area contributed by atoms with Gasteiger partial charge in [0.15, 0.2) is 0 Å². The third-order valence-electron chi connectivity index (χ3n) is 2.34. The second-order valence-electron chi connectivity index (χ2n) is 3.76. The van der Waals surface area contributed by atoms with Gasteiger partial charge in [-0.3, -0.25) is 4.79 Å². The quantitative estimate of drug-likeness (QED) is 0.911. The van der Waals surface area contributed by atoms with Crippen LogP contribution < -0.4 is 11.1 Å². The number of rotatable bonds is 4. The third-order valence-corrected chi connectivity index (χ3v) is 3.89. The Balaban J connectivity index is 2.05. The van der Waals surface area contributed by atoms with E-state index in [9.17, 15) is 4.79 Å². The second-order valence-corrected chi connectivity index (χ2v) is 5.52. The molecule has 1 amide bonds. The van der Waals surface area contributed by atoms with Crippen molar-refractivity contribution in [1.82, 2.24) is 4.98 Å². The first-order chi connectivity index (χ1) is 9.10. The van der Waals surface area contributed by atoms with Gasteiger partial charge >= 0.3 is 0 Å². The number of hydrogen-bond donors (Lipinski definition) is 2. The van der Waals surface area contributed by atoms with Gasteiger partial charge in [-0.15, -0.1) is 11.3 Å². The Labute approximate surface area is 124 Å². The van der Waals surface area contributed by atoms with E-state index in [-0.39, 0.29) is 12.3 Å². The van der Waals surface area contributed by atoms with Crippen LogP contribution in [-0.4, -0.2) is 10.9 Å². The SMILES string of the molecule is NCc1nc(CC(=O)Nc2c(Cl)cccc2Cl)cs1. The monoisotopic (exact) mass is 315 g/mol. The summed E-state index contributed by atoms with van der Waals surface area (Å²) in [6.45, 7) is 0.378. The lowest BCUT2D eigenvalue weighted by Crippen LogP contribution is -2.15. The topological polar surface area (TPSA) is 68.0 Å². The van der Waals surface area contributed by atoms with Crippen molar-refractivity contribution in [2.24, 2.45) is 5.73 Å². The van der Waals surface area contributed by atoms with Crippen molar-refractivity contribution in [3.05, 3.63) is 44.3 Å². The highest BCUT2D eigenvalue weighted by molar-refractivity contribution is 7.09. The summed E-state index contributed by atoms with van der Waals surface area (Å²) in [5.74, 6) is -0.219. The minimum atomic E-state index is -0.219. The van der Waals surface area contributed by atoms with Gasteiger partial charge in [-0.2, -0.15) is 0 Å². The maximum atomic E-state index is 11.9. The molecule has 0 saturated carbocycles. The van der Waals surface area contributed by atoms with Crippen LogP contribution in [0.5, 0.6) is 0 Å². The van der Waals surface area contributed by atoms with Crippen LogP contribution >= 0.6 is 34.5 Å². The first-order valence-corrected chi connectivity index (χ1v) is 7.11. The molecule has 3 N–H and O–H groups in total. The Morgan fingerprint density at radius 3 is 2.63 bits per heavy atom. The van der Waals surface area contributed by atoms with Crippen LogP contribution in [0.2, 0.25) is 10.0 Å². The molecule has 2 aromatic rings. The number of nitrogens with zero attached hydrogens (tertiary/aromatic N) is 1. The third kappa shape index (κ3) is 3.67. The van der Waals surface area contributed by atoms with Crippen molar-refractivity contribution >= 4 is 46.1 Å². The van der Waals surface area contributed by atoms with E-state index in [1.54, 1.807) is 18.2 Å². The molecule has 19 heavy (non-hydrogen) atoms. The van der Waals surface area contributed by atoms with Gasteiger partial charge in [0.25, 0.3) is 0 Å². The van der Waals surface area contributed by atoms with Crippen LogP contribution in [-0.2, 0) is 17.8 Å². The average molecular weight is 316 g/mol. The summed E-state index contributed by atoms with van der Waals surface area (Å²) >= 11 is 13.4.